The molecule has 1 aliphatic heterocycles. The monoisotopic (exact) mass is 692 g/mol. The van der Waals surface area contributed by atoms with E-state index in [2.05, 4.69) is 142 Å². The van der Waals surface area contributed by atoms with E-state index in [9.17, 15) is 0 Å². The van der Waals surface area contributed by atoms with Crippen LogP contribution in [0.1, 0.15) is 22.9 Å². The minimum atomic E-state index is -0.357. The number of aliphatic imine (C=N–C) groups is 2. The number of hydrogen-bond acceptors (Lipinski definition) is 4. The summed E-state index contributed by atoms with van der Waals surface area (Å²) in [5.41, 5.74) is 8.62. The van der Waals surface area contributed by atoms with Crippen molar-refractivity contribution >= 4 is 66.1 Å². The fourth-order valence-corrected chi connectivity index (χ4v) is 8.04. The Morgan fingerprint density at radius 2 is 1.09 bits per heavy atom. The van der Waals surface area contributed by atoms with E-state index in [0.29, 0.717) is 5.84 Å². The van der Waals surface area contributed by atoms with Crippen molar-refractivity contribution in [1.82, 2.24) is 19.4 Å². The number of pyridine rings is 1. The Morgan fingerprint density at radius 1 is 0.463 bits per heavy atom. The Morgan fingerprint density at radius 3 is 1.81 bits per heavy atom. The van der Waals surface area contributed by atoms with Gasteiger partial charge in [0.15, 0.2) is 5.84 Å². The molecule has 10 aromatic rings. The van der Waals surface area contributed by atoms with Crippen LogP contribution in [-0.2, 0) is 0 Å². The Labute approximate surface area is 311 Å². The smallest absolute Gasteiger partial charge is 0.159 e. The summed E-state index contributed by atoms with van der Waals surface area (Å²) in [5, 5.41) is 10.9. The number of para-hydroxylation sites is 2. The van der Waals surface area contributed by atoms with Gasteiger partial charge in [-0.25, -0.2) is 15.0 Å². The van der Waals surface area contributed by atoms with Gasteiger partial charge in [-0.3, -0.25) is 4.57 Å². The minimum Gasteiger partial charge on any atom is -0.344 e. The number of nitrogens with zero attached hydrogens (tertiary/aromatic N) is 5. The summed E-state index contributed by atoms with van der Waals surface area (Å²) in [7, 11) is 0. The maximum Gasteiger partial charge on any atom is 0.159 e. The van der Waals surface area contributed by atoms with Crippen molar-refractivity contribution in [3.63, 3.8) is 0 Å². The second-order valence-electron chi connectivity index (χ2n) is 13.8. The Kier molecular flexibility index (Phi) is 6.82. The van der Waals surface area contributed by atoms with Crippen molar-refractivity contribution in [3.8, 4) is 11.5 Å². The Hall–Kier alpha value is -7.31. The van der Waals surface area contributed by atoms with E-state index in [0.717, 1.165) is 50.6 Å². The lowest BCUT2D eigenvalue weighted by molar-refractivity contribution is 0.670. The SMILES string of the molecule is c1ccc(C2=NC(c3ccc(-n4c5ccccc5c5cc6c7ccccc7n(-c7ccc8ccccc8c7)c6cc54)nc3)NC(c3ccccc3)=N2)cc1. The second-order valence-corrected chi connectivity index (χ2v) is 13.8. The lowest BCUT2D eigenvalue weighted by Gasteiger charge is -2.23. The molecule has 1 aliphatic rings. The van der Waals surface area contributed by atoms with E-state index in [1.165, 1.54) is 37.8 Å². The highest BCUT2D eigenvalue weighted by atomic mass is 15.2. The van der Waals surface area contributed by atoms with Gasteiger partial charge in [-0.05, 0) is 59.3 Å². The first-order valence-corrected chi connectivity index (χ1v) is 18.2. The van der Waals surface area contributed by atoms with Crippen molar-refractivity contribution in [2.24, 2.45) is 9.98 Å². The van der Waals surface area contributed by atoms with Gasteiger partial charge in [0.25, 0.3) is 0 Å². The zero-order valence-electron chi connectivity index (χ0n) is 29.1. The molecule has 6 heteroatoms. The summed E-state index contributed by atoms with van der Waals surface area (Å²) in [5.74, 6) is 2.32. The van der Waals surface area contributed by atoms with E-state index in [-0.39, 0.29) is 6.17 Å². The van der Waals surface area contributed by atoms with Crippen LogP contribution in [0.5, 0.6) is 0 Å². The first-order valence-electron chi connectivity index (χ1n) is 18.2. The van der Waals surface area contributed by atoms with Crippen molar-refractivity contribution < 1.29 is 0 Å². The van der Waals surface area contributed by atoms with Crippen molar-refractivity contribution in [2.75, 3.05) is 0 Å². The molecule has 0 spiro atoms. The van der Waals surface area contributed by atoms with E-state index in [1.54, 1.807) is 0 Å². The van der Waals surface area contributed by atoms with Gasteiger partial charge in [0.2, 0.25) is 0 Å². The summed E-state index contributed by atoms with van der Waals surface area (Å²) >= 11 is 0. The molecule has 0 saturated heterocycles. The van der Waals surface area contributed by atoms with Crippen LogP contribution >= 0.6 is 0 Å². The highest BCUT2D eigenvalue weighted by Gasteiger charge is 2.23. The molecule has 4 heterocycles. The summed E-state index contributed by atoms with van der Waals surface area (Å²) in [6.45, 7) is 0. The number of amidine groups is 2. The normalized spacial score (nSPS) is 14.5. The number of hydrogen-bond donors (Lipinski definition) is 1. The molecule has 6 nitrogen and oxygen atoms in total. The molecule has 0 amide bonds. The van der Waals surface area contributed by atoms with E-state index in [1.807, 2.05) is 54.7 Å². The van der Waals surface area contributed by atoms with Crippen LogP contribution in [0.15, 0.2) is 192 Å². The van der Waals surface area contributed by atoms with Crippen LogP contribution in [0.2, 0.25) is 0 Å². The first kappa shape index (κ1) is 30.3. The maximum atomic E-state index is 5.14. The van der Waals surface area contributed by atoms with Gasteiger partial charge >= 0.3 is 0 Å². The van der Waals surface area contributed by atoms with E-state index >= 15 is 0 Å². The molecule has 54 heavy (non-hydrogen) atoms. The Balaban J connectivity index is 1.07. The quantitative estimate of drug-likeness (QED) is 0.195. The fraction of sp³-hybridized carbons (Fsp3) is 0.0208. The highest BCUT2D eigenvalue weighted by Crippen LogP contribution is 2.39. The standard InChI is InChI=1S/C48H32N6/c1-3-14-32(15-4-1)46-50-47(33-16-5-2-6-17-33)52-48(51-46)35-24-26-45(49-30-35)54-42-22-12-10-20-38(42)40-28-39-37-19-9-11-21-41(37)53(43(39)29-44(40)54)36-25-23-31-13-7-8-18-34(31)27-36/h1-30,48H,(H,50,51,52). The molecule has 7 aromatic carbocycles. The van der Waals surface area contributed by atoms with Crippen LogP contribution in [-0.4, -0.2) is 25.8 Å². The zero-order chi connectivity index (χ0) is 35.6. The number of benzene rings is 7. The van der Waals surface area contributed by atoms with Gasteiger partial charge in [-0.15, -0.1) is 0 Å². The third-order valence-corrected chi connectivity index (χ3v) is 10.6. The largest absolute Gasteiger partial charge is 0.344 e. The van der Waals surface area contributed by atoms with Crippen LogP contribution in [0.3, 0.4) is 0 Å². The number of rotatable bonds is 5. The molecule has 0 aliphatic carbocycles. The summed E-state index contributed by atoms with van der Waals surface area (Å²) in [6.07, 6.45) is 1.59. The molecule has 1 N–H and O–H groups in total. The average Bonchev–Trinajstić information content (AvgIpc) is 3.75. The van der Waals surface area contributed by atoms with Crippen molar-refractivity contribution in [1.29, 1.82) is 0 Å². The zero-order valence-corrected chi connectivity index (χ0v) is 29.1. The van der Waals surface area contributed by atoms with Gasteiger partial charge < -0.3 is 9.88 Å². The number of fused-ring (bicyclic) bond motifs is 7. The molecule has 1 unspecified atom stereocenters. The van der Waals surface area contributed by atoms with Crippen molar-refractivity contribution in [2.45, 2.75) is 6.17 Å². The second kappa shape index (κ2) is 12.1. The third kappa shape index (κ3) is 4.85. The topological polar surface area (TPSA) is 59.5 Å². The summed E-state index contributed by atoms with van der Waals surface area (Å²) < 4.78 is 4.69. The molecule has 0 fully saturated rings. The third-order valence-electron chi connectivity index (χ3n) is 10.6. The molecule has 11 rings (SSSR count). The lowest BCUT2D eigenvalue weighted by atomic mass is 10.1. The van der Waals surface area contributed by atoms with Gasteiger partial charge in [0, 0.05) is 50.1 Å². The highest BCUT2D eigenvalue weighted by molar-refractivity contribution is 6.19. The molecular formula is C48H32N6. The van der Waals surface area contributed by atoms with Crippen LogP contribution in [0.4, 0.5) is 0 Å². The Bertz CT molecular complexity index is 3120. The van der Waals surface area contributed by atoms with Gasteiger partial charge in [0.05, 0.1) is 22.1 Å². The molecule has 0 bridgehead atoms. The fourth-order valence-electron chi connectivity index (χ4n) is 8.04. The van der Waals surface area contributed by atoms with Crippen LogP contribution < -0.4 is 5.32 Å². The van der Waals surface area contributed by atoms with E-state index < -0.39 is 0 Å². The molecule has 254 valence electrons. The number of nitrogens with one attached hydrogen (secondary N) is 1. The van der Waals surface area contributed by atoms with Crippen LogP contribution in [0, 0.1) is 0 Å². The maximum absolute atomic E-state index is 5.14. The van der Waals surface area contributed by atoms with Crippen molar-refractivity contribution in [3.05, 3.63) is 199 Å². The summed E-state index contributed by atoms with van der Waals surface area (Å²) in [6, 6.07) is 61.9. The predicted molar refractivity (Wildman–Crippen MR) is 222 cm³/mol. The average molecular weight is 693 g/mol. The molecular weight excluding hydrogens is 661 g/mol. The molecule has 3 aromatic heterocycles. The van der Waals surface area contributed by atoms with Gasteiger partial charge in [-0.1, -0.05) is 127 Å². The minimum absolute atomic E-state index is 0.357. The molecule has 0 saturated carbocycles. The molecule has 0 radical (unpaired) electrons. The lowest BCUT2D eigenvalue weighted by Crippen LogP contribution is -2.33. The van der Waals surface area contributed by atoms with Gasteiger partial charge in [0.1, 0.15) is 17.8 Å². The molecule has 1 atom stereocenters. The van der Waals surface area contributed by atoms with Crippen LogP contribution in [0.25, 0.3) is 65.9 Å². The first-order chi connectivity index (χ1) is 26.8. The van der Waals surface area contributed by atoms with E-state index in [4.69, 9.17) is 15.0 Å². The summed E-state index contributed by atoms with van der Waals surface area (Å²) in [4.78, 5) is 15.1. The van der Waals surface area contributed by atoms with Gasteiger partial charge in [-0.2, -0.15) is 0 Å². The predicted octanol–water partition coefficient (Wildman–Crippen LogP) is 10.9. The number of aromatic nitrogens is 3.